The van der Waals surface area contributed by atoms with Crippen LogP contribution in [0.4, 0.5) is 0 Å². The average Bonchev–Trinajstić information content (AvgIpc) is 2.18. The summed E-state index contributed by atoms with van der Waals surface area (Å²) in [6.45, 7) is 0.797. The highest BCUT2D eigenvalue weighted by molar-refractivity contribution is 5.28. The van der Waals surface area contributed by atoms with E-state index in [1.165, 1.54) is 0 Å². The van der Waals surface area contributed by atoms with Crippen LogP contribution in [0.1, 0.15) is 5.56 Å². The van der Waals surface area contributed by atoms with E-state index < -0.39 is 0 Å². The fraction of sp³-hybridized carbons (Fsp3) is 0.400. The first kappa shape index (κ1) is 10.0. The van der Waals surface area contributed by atoms with E-state index in [1.807, 2.05) is 36.2 Å². The zero-order valence-electron chi connectivity index (χ0n) is 8.03. The Balaban J connectivity index is 2.66. The molecule has 0 fully saturated rings. The van der Waals surface area contributed by atoms with Crippen molar-refractivity contribution >= 4 is 0 Å². The number of hydrogen-bond donors (Lipinski definition) is 1. The molecule has 0 aliphatic rings. The van der Waals surface area contributed by atoms with Gasteiger partial charge in [0.25, 0.3) is 0 Å². The maximum atomic E-state index is 8.82. The minimum absolute atomic E-state index is 0.0667. The highest BCUT2D eigenvalue weighted by atomic mass is 16.5. The number of aliphatic hydroxyl groups is 1. The van der Waals surface area contributed by atoms with E-state index in [9.17, 15) is 0 Å². The topological polar surface area (TPSA) is 32.7 Å². The molecule has 0 saturated carbocycles. The largest absolute Gasteiger partial charge is 0.497 e. The molecule has 0 heterocycles. The van der Waals surface area contributed by atoms with Crippen LogP contribution in [0.25, 0.3) is 0 Å². The minimum Gasteiger partial charge on any atom is -0.497 e. The third-order valence-electron chi connectivity index (χ3n) is 1.83. The third-order valence-corrected chi connectivity index (χ3v) is 1.83. The normalized spacial score (nSPS) is 10.5. The van der Waals surface area contributed by atoms with Gasteiger partial charge in [-0.25, -0.2) is 0 Å². The molecule has 0 bridgehead atoms. The van der Waals surface area contributed by atoms with Gasteiger partial charge < -0.3 is 9.84 Å². The SMILES string of the molecule is COc1cccc(CN(C)CO)c1. The van der Waals surface area contributed by atoms with Crippen LogP contribution in [0.15, 0.2) is 24.3 Å². The van der Waals surface area contributed by atoms with Gasteiger partial charge in [-0.1, -0.05) is 12.1 Å². The maximum Gasteiger partial charge on any atom is 0.119 e. The van der Waals surface area contributed by atoms with Crippen LogP contribution in [0.2, 0.25) is 0 Å². The predicted molar refractivity (Wildman–Crippen MR) is 51.5 cm³/mol. The van der Waals surface area contributed by atoms with Gasteiger partial charge in [-0.2, -0.15) is 0 Å². The van der Waals surface area contributed by atoms with E-state index in [1.54, 1.807) is 7.11 Å². The van der Waals surface area contributed by atoms with Gasteiger partial charge in [-0.3, -0.25) is 4.90 Å². The van der Waals surface area contributed by atoms with Crippen molar-refractivity contribution in [3.05, 3.63) is 29.8 Å². The summed E-state index contributed by atoms with van der Waals surface area (Å²) >= 11 is 0. The van der Waals surface area contributed by atoms with Crippen molar-refractivity contribution in [2.45, 2.75) is 6.54 Å². The third kappa shape index (κ3) is 3.05. The number of rotatable bonds is 4. The lowest BCUT2D eigenvalue weighted by Crippen LogP contribution is -2.18. The van der Waals surface area contributed by atoms with E-state index in [-0.39, 0.29) is 6.73 Å². The van der Waals surface area contributed by atoms with E-state index in [2.05, 4.69) is 0 Å². The fourth-order valence-corrected chi connectivity index (χ4v) is 1.13. The summed E-state index contributed by atoms with van der Waals surface area (Å²) in [5.41, 5.74) is 1.14. The number of benzene rings is 1. The van der Waals surface area contributed by atoms with Gasteiger partial charge >= 0.3 is 0 Å². The minimum atomic E-state index is 0.0667. The molecule has 0 amide bonds. The molecule has 1 N–H and O–H groups in total. The first-order valence-corrected chi connectivity index (χ1v) is 4.18. The molecular formula is C10H15NO2. The van der Waals surface area contributed by atoms with E-state index in [4.69, 9.17) is 9.84 Å². The quantitative estimate of drug-likeness (QED) is 0.705. The lowest BCUT2D eigenvalue weighted by atomic mass is 10.2. The number of nitrogens with zero attached hydrogens (tertiary/aromatic N) is 1. The first-order chi connectivity index (χ1) is 6.26. The number of aliphatic hydroxyl groups excluding tert-OH is 1. The second-order valence-corrected chi connectivity index (χ2v) is 3.01. The van der Waals surface area contributed by atoms with Crippen LogP contribution in [0, 0.1) is 0 Å². The summed E-state index contributed by atoms with van der Waals surface area (Å²) in [7, 11) is 3.51. The van der Waals surface area contributed by atoms with Crippen molar-refractivity contribution in [1.29, 1.82) is 0 Å². The second kappa shape index (κ2) is 4.84. The van der Waals surface area contributed by atoms with Gasteiger partial charge in [0.2, 0.25) is 0 Å². The molecule has 0 unspecified atom stereocenters. The van der Waals surface area contributed by atoms with Crippen molar-refractivity contribution in [3.63, 3.8) is 0 Å². The molecule has 0 aliphatic heterocycles. The van der Waals surface area contributed by atoms with Gasteiger partial charge in [-0.15, -0.1) is 0 Å². The van der Waals surface area contributed by atoms with Crippen LogP contribution in [-0.4, -0.2) is 30.9 Å². The average molecular weight is 181 g/mol. The maximum absolute atomic E-state index is 8.82. The summed E-state index contributed by atoms with van der Waals surface area (Å²) in [6, 6.07) is 7.82. The molecule has 0 spiro atoms. The Kier molecular flexibility index (Phi) is 3.73. The molecule has 3 nitrogen and oxygen atoms in total. The smallest absolute Gasteiger partial charge is 0.119 e. The molecule has 0 saturated heterocycles. The Morgan fingerprint density at radius 1 is 1.46 bits per heavy atom. The molecule has 13 heavy (non-hydrogen) atoms. The van der Waals surface area contributed by atoms with Gasteiger partial charge in [0, 0.05) is 6.54 Å². The lowest BCUT2D eigenvalue weighted by Gasteiger charge is -2.13. The molecule has 0 aromatic heterocycles. The highest BCUT2D eigenvalue weighted by Gasteiger charge is 1.99. The molecule has 3 heteroatoms. The van der Waals surface area contributed by atoms with Gasteiger partial charge in [0.05, 0.1) is 13.8 Å². The van der Waals surface area contributed by atoms with Gasteiger partial charge in [0.15, 0.2) is 0 Å². The lowest BCUT2D eigenvalue weighted by molar-refractivity contribution is 0.127. The Hall–Kier alpha value is -1.06. The summed E-state index contributed by atoms with van der Waals surface area (Å²) in [6.07, 6.45) is 0. The molecule has 0 atom stereocenters. The number of ether oxygens (including phenoxy) is 1. The van der Waals surface area contributed by atoms with E-state index in [0.29, 0.717) is 0 Å². The van der Waals surface area contributed by atoms with Crippen molar-refractivity contribution in [3.8, 4) is 5.75 Å². The Morgan fingerprint density at radius 2 is 2.23 bits per heavy atom. The van der Waals surface area contributed by atoms with Crippen LogP contribution in [-0.2, 0) is 6.54 Å². The van der Waals surface area contributed by atoms with Crippen molar-refractivity contribution < 1.29 is 9.84 Å². The summed E-state index contributed by atoms with van der Waals surface area (Å²) in [5, 5.41) is 8.82. The van der Waals surface area contributed by atoms with Crippen LogP contribution in [0.3, 0.4) is 0 Å². The van der Waals surface area contributed by atoms with Crippen LogP contribution >= 0.6 is 0 Å². The van der Waals surface area contributed by atoms with E-state index in [0.717, 1.165) is 17.9 Å². The van der Waals surface area contributed by atoms with Gasteiger partial charge in [0.1, 0.15) is 5.75 Å². The summed E-state index contributed by atoms with van der Waals surface area (Å²) in [5.74, 6) is 0.851. The number of hydrogen-bond acceptors (Lipinski definition) is 3. The Morgan fingerprint density at radius 3 is 2.85 bits per heavy atom. The first-order valence-electron chi connectivity index (χ1n) is 4.18. The molecule has 0 radical (unpaired) electrons. The summed E-state index contributed by atoms with van der Waals surface area (Å²) in [4.78, 5) is 1.81. The molecule has 1 aromatic carbocycles. The zero-order chi connectivity index (χ0) is 9.68. The predicted octanol–water partition coefficient (Wildman–Crippen LogP) is 1.08. The number of methoxy groups -OCH3 is 1. The van der Waals surface area contributed by atoms with Crippen LogP contribution in [0.5, 0.6) is 5.75 Å². The van der Waals surface area contributed by atoms with Crippen molar-refractivity contribution in [2.24, 2.45) is 0 Å². The monoisotopic (exact) mass is 181 g/mol. The Labute approximate surface area is 78.6 Å². The second-order valence-electron chi connectivity index (χ2n) is 3.01. The van der Waals surface area contributed by atoms with Crippen LogP contribution < -0.4 is 4.74 Å². The molecule has 1 rings (SSSR count). The standard InChI is InChI=1S/C10H15NO2/c1-11(8-12)7-9-4-3-5-10(6-9)13-2/h3-6,12H,7-8H2,1-2H3. The fourth-order valence-electron chi connectivity index (χ4n) is 1.13. The molecule has 72 valence electrons. The van der Waals surface area contributed by atoms with Gasteiger partial charge in [-0.05, 0) is 24.7 Å². The van der Waals surface area contributed by atoms with Crippen molar-refractivity contribution in [1.82, 2.24) is 4.90 Å². The Bertz CT molecular complexity index is 263. The van der Waals surface area contributed by atoms with Crippen molar-refractivity contribution in [2.75, 3.05) is 20.9 Å². The highest BCUT2D eigenvalue weighted by Crippen LogP contribution is 2.13. The van der Waals surface area contributed by atoms with E-state index >= 15 is 0 Å². The zero-order valence-corrected chi connectivity index (χ0v) is 8.03. The molecular weight excluding hydrogens is 166 g/mol. The molecule has 0 aliphatic carbocycles. The molecule has 1 aromatic rings. The summed E-state index contributed by atoms with van der Waals surface area (Å²) < 4.78 is 5.09.